The Labute approximate surface area is 114 Å². The van der Waals surface area contributed by atoms with Crippen LogP contribution in [-0.4, -0.2) is 25.6 Å². The van der Waals surface area contributed by atoms with E-state index in [9.17, 15) is 4.79 Å². The van der Waals surface area contributed by atoms with Gasteiger partial charge in [0.15, 0.2) is 6.61 Å². The van der Waals surface area contributed by atoms with Gasteiger partial charge in [-0.05, 0) is 39.8 Å². The summed E-state index contributed by atoms with van der Waals surface area (Å²) >= 11 is 0. The van der Waals surface area contributed by atoms with Crippen LogP contribution in [0.5, 0.6) is 5.75 Å². The molecule has 4 nitrogen and oxygen atoms in total. The second-order valence-corrected chi connectivity index (χ2v) is 5.18. The summed E-state index contributed by atoms with van der Waals surface area (Å²) in [7, 11) is 1.91. The van der Waals surface area contributed by atoms with Crippen LogP contribution >= 0.6 is 0 Å². The molecule has 0 bridgehead atoms. The molecular weight excluding hydrogens is 240 g/mol. The lowest BCUT2D eigenvalue weighted by molar-refractivity contribution is -0.123. The van der Waals surface area contributed by atoms with E-state index in [4.69, 9.17) is 4.74 Å². The molecule has 0 spiro atoms. The van der Waals surface area contributed by atoms with E-state index in [1.165, 1.54) is 5.56 Å². The van der Waals surface area contributed by atoms with E-state index >= 15 is 0 Å². The van der Waals surface area contributed by atoms with Crippen molar-refractivity contribution in [3.63, 3.8) is 0 Å². The highest BCUT2D eigenvalue weighted by molar-refractivity contribution is 5.78. The number of aryl methyl sites for hydroxylation is 1. The fraction of sp³-hybridized carbons (Fsp3) is 0.533. The first kappa shape index (κ1) is 13.9. The molecule has 1 aliphatic rings. The molecule has 1 saturated carbocycles. The number of amides is 1. The normalized spacial score (nSPS) is 15.9. The van der Waals surface area contributed by atoms with Gasteiger partial charge in [-0.15, -0.1) is 0 Å². The van der Waals surface area contributed by atoms with Crippen molar-refractivity contribution in [3.05, 3.63) is 29.3 Å². The molecule has 1 aromatic carbocycles. The molecule has 1 atom stereocenters. The fourth-order valence-corrected chi connectivity index (χ4v) is 1.93. The Morgan fingerprint density at radius 3 is 2.84 bits per heavy atom. The van der Waals surface area contributed by atoms with Crippen LogP contribution in [0.25, 0.3) is 0 Å². The van der Waals surface area contributed by atoms with Crippen LogP contribution in [0.2, 0.25) is 0 Å². The van der Waals surface area contributed by atoms with Gasteiger partial charge in [-0.3, -0.25) is 4.79 Å². The molecule has 19 heavy (non-hydrogen) atoms. The molecule has 0 aliphatic heterocycles. The van der Waals surface area contributed by atoms with Gasteiger partial charge >= 0.3 is 0 Å². The first-order valence-corrected chi connectivity index (χ1v) is 6.80. The van der Waals surface area contributed by atoms with Crippen LogP contribution in [0.4, 0.5) is 0 Å². The van der Waals surface area contributed by atoms with Crippen LogP contribution < -0.4 is 15.4 Å². The lowest BCUT2D eigenvalue weighted by atomic mass is 10.0. The third kappa shape index (κ3) is 3.96. The predicted molar refractivity (Wildman–Crippen MR) is 75.3 cm³/mol. The van der Waals surface area contributed by atoms with E-state index in [2.05, 4.69) is 30.5 Å². The van der Waals surface area contributed by atoms with Crippen molar-refractivity contribution in [1.82, 2.24) is 10.6 Å². The smallest absolute Gasteiger partial charge is 0.258 e. The molecule has 2 N–H and O–H groups in total. The van der Waals surface area contributed by atoms with E-state index in [1.807, 2.05) is 19.2 Å². The monoisotopic (exact) mass is 262 g/mol. The van der Waals surface area contributed by atoms with E-state index < -0.39 is 0 Å². The zero-order valence-electron chi connectivity index (χ0n) is 11.8. The Balaban J connectivity index is 1.99. The standard InChI is InChI=1S/C15H22N2O2/c1-10-4-7-14(13(8-10)11(2)16-3)19-9-15(18)17-12-5-6-12/h4,7-8,11-12,16H,5-6,9H2,1-3H3,(H,17,18). The Morgan fingerprint density at radius 1 is 1.47 bits per heavy atom. The van der Waals surface area contributed by atoms with Crippen molar-refractivity contribution in [2.24, 2.45) is 0 Å². The van der Waals surface area contributed by atoms with Gasteiger partial charge in [0.1, 0.15) is 5.75 Å². The SMILES string of the molecule is CNC(C)c1cc(C)ccc1OCC(=O)NC1CC1. The molecule has 0 radical (unpaired) electrons. The maximum atomic E-state index is 11.6. The Morgan fingerprint density at radius 2 is 2.21 bits per heavy atom. The average Bonchev–Trinajstić information content (AvgIpc) is 3.20. The minimum Gasteiger partial charge on any atom is -0.483 e. The molecular formula is C15H22N2O2. The summed E-state index contributed by atoms with van der Waals surface area (Å²) in [4.78, 5) is 11.6. The summed E-state index contributed by atoms with van der Waals surface area (Å²) in [6.45, 7) is 4.21. The lowest BCUT2D eigenvalue weighted by Crippen LogP contribution is -2.30. The number of hydrogen-bond acceptors (Lipinski definition) is 3. The Hall–Kier alpha value is -1.55. The maximum Gasteiger partial charge on any atom is 0.258 e. The van der Waals surface area contributed by atoms with Gasteiger partial charge in [-0.2, -0.15) is 0 Å². The van der Waals surface area contributed by atoms with E-state index in [0.29, 0.717) is 6.04 Å². The number of carbonyl (C=O) groups excluding carboxylic acids is 1. The fourth-order valence-electron chi connectivity index (χ4n) is 1.93. The minimum atomic E-state index is -0.0360. The molecule has 0 aromatic heterocycles. The van der Waals surface area contributed by atoms with Gasteiger partial charge in [0.25, 0.3) is 5.91 Å². The van der Waals surface area contributed by atoms with Gasteiger partial charge < -0.3 is 15.4 Å². The molecule has 1 fully saturated rings. The van der Waals surface area contributed by atoms with Crippen molar-refractivity contribution >= 4 is 5.91 Å². The molecule has 0 heterocycles. The summed E-state index contributed by atoms with van der Waals surface area (Å²) in [5.74, 6) is 0.740. The first-order valence-electron chi connectivity index (χ1n) is 6.80. The highest BCUT2D eigenvalue weighted by Crippen LogP contribution is 2.26. The second kappa shape index (κ2) is 6.06. The molecule has 1 aromatic rings. The molecule has 1 aliphatic carbocycles. The van der Waals surface area contributed by atoms with Gasteiger partial charge in [0, 0.05) is 17.6 Å². The van der Waals surface area contributed by atoms with Crippen LogP contribution in [0.3, 0.4) is 0 Å². The number of carbonyl (C=O) groups is 1. The number of nitrogens with one attached hydrogen (secondary N) is 2. The van der Waals surface area contributed by atoms with Gasteiger partial charge in [0.05, 0.1) is 0 Å². The number of hydrogen-bond donors (Lipinski definition) is 2. The third-order valence-corrected chi connectivity index (χ3v) is 3.37. The zero-order chi connectivity index (χ0) is 13.8. The van der Waals surface area contributed by atoms with Gasteiger partial charge in [0.2, 0.25) is 0 Å². The minimum absolute atomic E-state index is 0.0360. The zero-order valence-corrected chi connectivity index (χ0v) is 11.8. The molecule has 1 unspecified atom stereocenters. The van der Waals surface area contributed by atoms with E-state index in [-0.39, 0.29) is 18.6 Å². The maximum absolute atomic E-state index is 11.6. The van der Waals surface area contributed by atoms with Crippen molar-refractivity contribution in [1.29, 1.82) is 0 Å². The number of benzene rings is 1. The summed E-state index contributed by atoms with van der Waals surface area (Å²) in [5, 5.41) is 6.12. The Bertz CT molecular complexity index is 455. The lowest BCUT2D eigenvalue weighted by Gasteiger charge is -2.17. The largest absolute Gasteiger partial charge is 0.483 e. The molecule has 1 amide bonds. The van der Waals surface area contributed by atoms with Gasteiger partial charge in [-0.1, -0.05) is 17.7 Å². The van der Waals surface area contributed by atoms with Crippen molar-refractivity contribution in [2.75, 3.05) is 13.7 Å². The highest BCUT2D eigenvalue weighted by Gasteiger charge is 2.23. The molecule has 104 valence electrons. The highest BCUT2D eigenvalue weighted by atomic mass is 16.5. The van der Waals surface area contributed by atoms with Crippen molar-refractivity contribution in [3.8, 4) is 5.75 Å². The summed E-state index contributed by atoms with van der Waals surface area (Å²) in [6.07, 6.45) is 2.19. The molecule has 2 rings (SSSR count). The second-order valence-electron chi connectivity index (χ2n) is 5.18. The van der Waals surface area contributed by atoms with E-state index in [1.54, 1.807) is 0 Å². The van der Waals surface area contributed by atoms with Crippen LogP contribution in [-0.2, 0) is 4.79 Å². The van der Waals surface area contributed by atoms with Crippen LogP contribution in [0.1, 0.15) is 36.9 Å². The molecule has 0 saturated heterocycles. The van der Waals surface area contributed by atoms with Crippen molar-refractivity contribution in [2.45, 2.75) is 38.8 Å². The summed E-state index contributed by atoms with van der Waals surface area (Å²) in [5.41, 5.74) is 2.27. The van der Waals surface area contributed by atoms with Crippen molar-refractivity contribution < 1.29 is 9.53 Å². The summed E-state index contributed by atoms with van der Waals surface area (Å²) < 4.78 is 5.65. The predicted octanol–water partition coefficient (Wildman–Crippen LogP) is 1.93. The average molecular weight is 262 g/mol. The quantitative estimate of drug-likeness (QED) is 0.823. The number of rotatable bonds is 6. The molecule has 4 heteroatoms. The topological polar surface area (TPSA) is 50.4 Å². The third-order valence-electron chi connectivity index (χ3n) is 3.37. The Kier molecular flexibility index (Phi) is 4.43. The van der Waals surface area contributed by atoms with E-state index in [0.717, 1.165) is 24.2 Å². The van der Waals surface area contributed by atoms with Crippen LogP contribution in [0.15, 0.2) is 18.2 Å². The van der Waals surface area contributed by atoms with Gasteiger partial charge in [-0.25, -0.2) is 0 Å². The first-order chi connectivity index (χ1) is 9.10. The van der Waals surface area contributed by atoms with Crippen LogP contribution in [0, 0.1) is 6.92 Å². The number of ether oxygens (including phenoxy) is 1. The summed E-state index contributed by atoms with van der Waals surface area (Å²) in [6, 6.07) is 6.60.